The fourth-order valence-electron chi connectivity index (χ4n) is 1.22. The maximum atomic E-state index is 13.3. The molecule has 0 saturated heterocycles. The van der Waals surface area contributed by atoms with Crippen LogP contribution in [0.4, 0.5) is 4.39 Å². The van der Waals surface area contributed by atoms with Crippen molar-refractivity contribution in [2.75, 3.05) is 19.8 Å². The number of carbonyl (C=O) groups excluding carboxylic acids is 1. The molecule has 1 aromatic rings. The minimum Gasteiger partial charge on any atom is -0.370 e. The Bertz CT molecular complexity index is 388. The van der Waals surface area contributed by atoms with Gasteiger partial charge >= 0.3 is 0 Å². The van der Waals surface area contributed by atoms with E-state index in [-0.39, 0.29) is 12.4 Å². The first-order chi connectivity index (χ1) is 8.09. The highest BCUT2D eigenvalue weighted by atomic mass is 79.9. The summed E-state index contributed by atoms with van der Waals surface area (Å²) in [5, 5.41) is 3.01. The zero-order valence-electron chi connectivity index (χ0n) is 9.21. The predicted molar refractivity (Wildman–Crippen MR) is 65.8 cm³/mol. The summed E-state index contributed by atoms with van der Waals surface area (Å²) in [6.45, 7) is 1.20. The molecule has 94 valence electrons. The Balaban J connectivity index is 2.22. The quantitative estimate of drug-likeness (QED) is 0.744. The van der Waals surface area contributed by atoms with Gasteiger partial charge in [-0.25, -0.2) is 4.39 Å². The molecule has 0 aliphatic rings. The second kappa shape index (κ2) is 7.37. The number of hydrogen-bond donors (Lipinski definition) is 2. The van der Waals surface area contributed by atoms with E-state index in [2.05, 4.69) is 21.2 Å². The molecule has 0 heterocycles. The maximum absolute atomic E-state index is 13.3. The summed E-state index contributed by atoms with van der Waals surface area (Å²) in [5.74, 6) is -0.748. The lowest BCUT2D eigenvalue weighted by atomic mass is 10.2. The minimum atomic E-state index is -0.497. The van der Waals surface area contributed by atoms with Gasteiger partial charge in [0.1, 0.15) is 12.4 Å². The number of nitrogens with two attached hydrogens (primary N) is 1. The van der Waals surface area contributed by atoms with E-state index in [4.69, 9.17) is 10.5 Å². The van der Waals surface area contributed by atoms with Crippen LogP contribution in [0.3, 0.4) is 0 Å². The number of carbonyl (C=O) groups is 1. The molecule has 1 amide bonds. The third-order valence-corrected chi connectivity index (χ3v) is 2.48. The smallest absolute Gasteiger partial charge is 0.243 e. The number of benzene rings is 1. The lowest BCUT2D eigenvalue weighted by molar-refractivity contribution is -0.122. The largest absolute Gasteiger partial charge is 0.370 e. The first-order valence-corrected chi connectivity index (χ1v) is 5.89. The van der Waals surface area contributed by atoms with Crippen LogP contribution in [0.2, 0.25) is 0 Å². The van der Waals surface area contributed by atoms with E-state index in [0.717, 1.165) is 4.47 Å². The van der Waals surface area contributed by atoms with Crippen molar-refractivity contribution in [3.63, 3.8) is 0 Å². The number of primary amides is 1. The van der Waals surface area contributed by atoms with Crippen LogP contribution in [0.15, 0.2) is 22.7 Å². The molecule has 0 saturated carbocycles. The van der Waals surface area contributed by atoms with Gasteiger partial charge in [-0.05, 0) is 18.2 Å². The molecule has 0 aromatic heterocycles. The van der Waals surface area contributed by atoms with Crippen LogP contribution < -0.4 is 11.1 Å². The zero-order chi connectivity index (χ0) is 12.7. The fraction of sp³-hybridized carbons (Fsp3) is 0.364. The molecular formula is C11H14BrFN2O2. The van der Waals surface area contributed by atoms with Crippen molar-refractivity contribution < 1.29 is 13.9 Å². The summed E-state index contributed by atoms with van der Waals surface area (Å²) in [6.07, 6.45) is 0. The molecule has 1 rings (SSSR count). The van der Waals surface area contributed by atoms with Crippen LogP contribution in [0.1, 0.15) is 5.56 Å². The van der Waals surface area contributed by atoms with Crippen LogP contribution in [0, 0.1) is 5.82 Å². The zero-order valence-corrected chi connectivity index (χ0v) is 10.8. The Morgan fingerprint density at radius 1 is 1.53 bits per heavy atom. The van der Waals surface area contributed by atoms with Gasteiger partial charge in [0, 0.05) is 23.1 Å². The second-order valence-electron chi connectivity index (χ2n) is 3.43. The number of ether oxygens (including phenoxy) is 1. The van der Waals surface area contributed by atoms with E-state index in [1.165, 1.54) is 6.07 Å². The van der Waals surface area contributed by atoms with E-state index < -0.39 is 5.91 Å². The predicted octanol–water partition coefficient (Wildman–Crippen LogP) is 1.18. The molecule has 0 aliphatic heterocycles. The third kappa shape index (κ3) is 5.76. The molecule has 0 unspecified atom stereocenters. The topological polar surface area (TPSA) is 64.4 Å². The van der Waals surface area contributed by atoms with Crippen molar-refractivity contribution >= 4 is 21.8 Å². The number of nitrogens with one attached hydrogen (secondary N) is 1. The summed E-state index contributed by atoms with van der Waals surface area (Å²) in [7, 11) is 0. The standard InChI is InChI=1S/C11H14BrFN2O2/c12-9-1-2-10(13)8(5-9)6-15-3-4-17-7-11(14)16/h1-2,5,15H,3-4,6-7H2,(H2,14,16). The SMILES string of the molecule is NC(=O)COCCNCc1cc(Br)ccc1F. The highest BCUT2D eigenvalue weighted by Gasteiger charge is 2.02. The molecule has 0 atom stereocenters. The van der Waals surface area contributed by atoms with Crippen molar-refractivity contribution in [1.82, 2.24) is 5.32 Å². The summed E-state index contributed by atoms with van der Waals surface area (Å²) < 4.78 is 19.1. The van der Waals surface area contributed by atoms with Crippen LogP contribution in [-0.4, -0.2) is 25.7 Å². The Labute approximate surface area is 107 Å². The number of halogens is 2. The Kier molecular flexibility index (Phi) is 6.10. The highest BCUT2D eigenvalue weighted by Crippen LogP contribution is 2.15. The molecule has 17 heavy (non-hydrogen) atoms. The van der Waals surface area contributed by atoms with Gasteiger partial charge in [-0.1, -0.05) is 15.9 Å². The number of hydrogen-bond acceptors (Lipinski definition) is 3. The third-order valence-electron chi connectivity index (χ3n) is 1.99. The van der Waals surface area contributed by atoms with Gasteiger partial charge in [0.2, 0.25) is 5.91 Å². The fourth-order valence-corrected chi connectivity index (χ4v) is 1.63. The number of rotatable bonds is 7. The molecule has 0 radical (unpaired) electrons. The first kappa shape index (κ1) is 14.1. The number of amides is 1. The second-order valence-corrected chi connectivity index (χ2v) is 4.35. The van der Waals surface area contributed by atoms with E-state index in [0.29, 0.717) is 25.3 Å². The van der Waals surface area contributed by atoms with Gasteiger partial charge in [0.05, 0.1) is 6.61 Å². The van der Waals surface area contributed by atoms with Gasteiger partial charge in [0.25, 0.3) is 0 Å². The lowest BCUT2D eigenvalue weighted by Crippen LogP contribution is -2.24. The van der Waals surface area contributed by atoms with Crippen LogP contribution in [-0.2, 0) is 16.1 Å². The lowest BCUT2D eigenvalue weighted by Gasteiger charge is -2.06. The molecule has 1 aromatic carbocycles. The maximum Gasteiger partial charge on any atom is 0.243 e. The van der Waals surface area contributed by atoms with Crippen molar-refractivity contribution in [1.29, 1.82) is 0 Å². The molecule has 0 spiro atoms. The van der Waals surface area contributed by atoms with E-state index in [1.807, 2.05) is 0 Å². The Morgan fingerprint density at radius 3 is 3.00 bits per heavy atom. The van der Waals surface area contributed by atoms with Crippen LogP contribution >= 0.6 is 15.9 Å². The monoisotopic (exact) mass is 304 g/mol. The first-order valence-electron chi connectivity index (χ1n) is 5.10. The Morgan fingerprint density at radius 2 is 2.29 bits per heavy atom. The van der Waals surface area contributed by atoms with Crippen LogP contribution in [0.25, 0.3) is 0 Å². The average molecular weight is 305 g/mol. The van der Waals surface area contributed by atoms with Crippen molar-refractivity contribution in [2.24, 2.45) is 5.73 Å². The van der Waals surface area contributed by atoms with E-state index >= 15 is 0 Å². The summed E-state index contributed by atoms with van der Waals surface area (Å²) in [6, 6.07) is 4.77. The van der Waals surface area contributed by atoms with Gasteiger partial charge < -0.3 is 15.8 Å². The normalized spacial score (nSPS) is 10.5. The van der Waals surface area contributed by atoms with Gasteiger partial charge in [0.15, 0.2) is 0 Å². The average Bonchev–Trinajstić information content (AvgIpc) is 2.27. The molecule has 4 nitrogen and oxygen atoms in total. The van der Waals surface area contributed by atoms with E-state index in [1.54, 1.807) is 12.1 Å². The minimum absolute atomic E-state index is 0.0904. The summed E-state index contributed by atoms with van der Waals surface area (Å²) >= 11 is 3.28. The van der Waals surface area contributed by atoms with Gasteiger partial charge in [-0.3, -0.25) is 4.79 Å². The summed E-state index contributed by atoms with van der Waals surface area (Å²) in [4.78, 5) is 10.4. The molecule has 3 N–H and O–H groups in total. The molecule has 6 heteroatoms. The van der Waals surface area contributed by atoms with E-state index in [9.17, 15) is 9.18 Å². The Hall–Kier alpha value is -0.980. The van der Waals surface area contributed by atoms with Crippen molar-refractivity contribution in [3.8, 4) is 0 Å². The van der Waals surface area contributed by atoms with Crippen LogP contribution in [0.5, 0.6) is 0 Å². The van der Waals surface area contributed by atoms with Gasteiger partial charge in [-0.15, -0.1) is 0 Å². The molecule has 0 aliphatic carbocycles. The summed E-state index contributed by atoms with van der Waals surface area (Å²) in [5.41, 5.74) is 5.47. The van der Waals surface area contributed by atoms with Crippen molar-refractivity contribution in [3.05, 3.63) is 34.1 Å². The van der Waals surface area contributed by atoms with Crippen molar-refractivity contribution in [2.45, 2.75) is 6.54 Å². The highest BCUT2D eigenvalue weighted by molar-refractivity contribution is 9.10. The molecular weight excluding hydrogens is 291 g/mol. The van der Waals surface area contributed by atoms with Gasteiger partial charge in [-0.2, -0.15) is 0 Å². The molecule has 0 bridgehead atoms. The molecule has 0 fully saturated rings.